The molecular formula is C20H17FN2O3. The molecule has 1 aliphatic rings. The number of hydrogen-bond donors (Lipinski definition) is 1. The molecule has 0 atom stereocenters. The summed E-state index contributed by atoms with van der Waals surface area (Å²) in [5, 5.41) is 2.73. The molecule has 1 N–H and O–H groups in total. The van der Waals surface area contributed by atoms with E-state index in [4.69, 9.17) is 0 Å². The normalized spacial score (nSPS) is 12.9. The van der Waals surface area contributed by atoms with E-state index in [2.05, 4.69) is 11.9 Å². The van der Waals surface area contributed by atoms with Crippen LogP contribution in [0.1, 0.15) is 36.6 Å². The average Bonchev–Trinajstić information content (AvgIpc) is 2.86. The first-order chi connectivity index (χ1) is 12.5. The highest BCUT2D eigenvalue weighted by molar-refractivity contribution is 6.22. The van der Waals surface area contributed by atoms with Gasteiger partial charge in [0.1, 0.15) is 5.82 Å². The third-order valence-electron chi connectivity index (χ3n) is 4.13. The molecule has 0 spiro atoms. The van der Waals surface area contributed by atoms with Crippen LogP contribution in [0.15, 0.2) is 55.1 Å². The molecule has 0 unspecified atom stereocenters. The smallest absolute Gasteiger partial charge is 0.261 e. The molecular weight excluding hydrogens is 335 g/mol. The predicted octanol–water partition coefficient (Wildman–Crippen LogP) is 2.58. The first kappa shape index (κ1) is 17.5. The largest absolute Gasteiger partial charge is 0.352 e. The van der Waals surface area contributed by atoms with Crippen molar-refractivity contribution >= 4 is 17.7 Å². The van der Waals surface area contributed by atoms with Gasteiger partial charge in [0.15, 0.2) is 0 Å². The second kappa shape index (κ2) is 7.31. The molecule has 0 aliphatic carbocycles. The third kappa shape index (κ3) is 3.39. The van der Waals surface area contributed by atoms with Crippen LogP contribution in [0.5, 0.6) is 0 Å². The summed E-state index contributed by atoms with van der Waals surface area (Å²) in [6.45, 7) is 3.99. The highest BCUT2D eigenvalue weighted by atomic mass is 19.1. The molecule has 0 fully saturated rings. The quantitative estimate of drug-likeness (QED) is 0.642. The average molecular weight is 352 g/mol. The molecule has 0 saturated carbocycles. The number of nitrogens with one attached hydrogen (secondary N) is 1. The molecule has 6 heteroatoms. The van der Waals surface area contributed by atoms with Crippen LogP contribution in [0.25, 0.3) is 0 Å². The standard InChI is InChI=1S/C20H17FN2O3/c1-2-10-23-19(25)16-7-6-14(12-17(16)20(23)26)18(24)22-9-8-13-4-3-5-15(21)11-13/h2-7,11-12H,1,8-10H2,(H,22,24). The van der Waals surface area contributed by atoms with Crippen LogP contribution in [-0.4, -0.2) is 35.7 Å². The lowest BCUT2D eigenvalue weighted by atomic mass is 10.1. The monoisotopic (exact) mass is 352 g/mol. The van der Waals surface area contributed by atoms with Gasteiger partial charge in [-0.1, -0.05) is 18.2 Å². The predicted molar refractivity (Wildman–Crippen MR) is 94.4 cm³/mol. The zero-order valence-corrected chi connectivity index (χ0v) is 14.0. The molecule has 3 rings (SSSR count). The fourth-order valence-electron chi connectivity index (χ4n) is 2.84. The molecule has 1 aliphatic heterocycles. The maximum Gasteiger partial charge on any atom is 0.261 e. The van der Waals surface area contributed by atoms with E-state index in [0.29, 0.717) is 18.5 Å². The molecule has 0 aromatic heterocycles. The number of rotatable bonds is 6. The number of carbonyl (C=O) groups is 3. The van der Waals surface area contributed by atoms with Crippen molar-refractivity contribution in [3.05, 3.63) is 83.2 Å². The van der Waals surface area contributed by atoms with E-state index in [-0.39, 0.29) is 35.3 Å². The first-order valence-corrected chi connectivity index (χ1v) is 8.15. The van der Waals surface area contributed by atoms with E-state index < -0.39 is 5.91 Å². The van der Waals surface area contributed by atoms with Gasteiger partial charge in [-0.05, 0) is 42.3 Å². The van der Waals surface area contributed by atoms with Gasteiger partial charge < -0.3 is 5.32 Å². The topological polar surface area (TPSA) is 66.5 Å². The SMILES string of the molecule is C=CCN1C(=O)c2ccc(C(=O)NCCc3cccc(F)c3)cc2C1=O. The summed E-state index contributed by atoms with van der Waals surface area (Å²) < 4.78 is 13.1. The van der Waals surface area contributed by atoms with Gasteiger partial charge in [0.05, 0.1) is 11.1 Å². The van der Waals surface area contributed by atoms with Crippen molar-refractivity contribution in [2.75, 3.05) is 13.1 Å². The summed E-state index contributed by atoms with van der Waals surface area (Å²) in [5.41, 5.74) is 1.58. The lowest BCUT2D eigenvalue weighted by molar-refractivity contribution is 0.0672. The Bertz CT molecular complexity index is 908. The molecule has 0 saturated heterocycles. The maximum atomic E-state index is 13.1. The highest BCUT2D eigenvalue weighted by Gasteiger charge is 2.35. The van der Waals surface area contributed by atoms with Crippen LogP contribution in [0.2, 0.25) is 0 Å². The Morgan fingerprint density at radius 1 is 1.12 bits per heavy atom. The Morgan fingerprint density at radius 2 is 1.88 bits per heavy atom. The van der Waals surface area contributed by atoms with E-state index in [1.165, 1.54) is 36.4 Å². The Labute approximate surface area is 150 Å². The van der Waals surface area contributed by atoms with Crippen LogP contribution in [-0.2, 0) is 6.42 Å². The number of benzene rings is 2. The number of hydrogen-bond acceptors (Lipinski definition) is 3. The number of fused-ring (bicyclic) bond motifs is 1. The van der Waals surface area contributed by atoms with Crippen LogP contribution in [0, 0.1) is 5.82 Å². The summed E-state index contributed by atoms with van der Waals surface area (Å²) in [6.07, 6.45) is 1.96. The minimum absolute atomic E-state index is 0.126. The Morgan fingerprint density at radius 3 is 2.62 bits per heavy atom. The molecule has 2 aromatic rings. The van der Waals surface area contributed by atoms with E-state index >= 15 is 0 Å². The first-order valence-electron chi connectivity index (χ1n) is 8.15. The minimum Gasteiger partial charge on any atom is -0.352 e. The lowest BCUT2D eigenvalue weighted by Crippen LogP contribution is -2.29. The van der Waals surface area contributed by atoms with Gasteiger partial charge in [0.25, 0.3) is 17.7 Å². The molecule has 132 valence electrons. The molecule has 5 nitrogen and oxygen atoms in total. The second-order valence-electron chi connectivity index (χ2n) is 5.91. The van der Waals surface area contributed by atoms with Gasteiger partial charge in [0, 0.05) is 18.7 Å². The minimum atomic E-state index is -0.431. The number of carbonyl (C=O) groups excluding carboxylic acids is 3. The summed E-state index contributed by atoms with van der Waals surface area (Å²) in [5.74, 6) is -1.49. The van der Waals surface area contributed by atoms with Crippen molar-refractivity contribution in [2.24, 2.45) is 0 Å². The van der Waals surface area contributed by atoms with Gasteiger partial charge in [0.2, 0.25) is 0 Å². The summed E-state index contributed by atoms with van der Waals surface area (Å²) >= 11 is 0. The van der Waals surface area contributed by atoms with Crippen molar-refractivity contribution < 1.29 is 18.8 Å². The van der Waals surface area contributed by atoms with Gasteiger partial charge in [-0.2, -0.15) is 0 Å². The molecule has 1 heterocycles. The Balaban J connectivity index is 1.67. The van der Waals surface area contributed by atoms with Crippen molar-refractivity contribution in [1.82, 2.24) is 10.2 Å². The summed E-state index contributed by atoms with van der Waals surface area (Å²) in [6, 6.07) is 10.6. The number of amides is 3. The summed E-state index contributed by atoms with van der Waals surface area (Å²) in [7, 11) is 0. The maximum absolute atomic E-state index is 13.1. The van der Waals surface area contributed by atoms with Crippen LogP contribution in [0.3, 0.4) is 0 Å². The number of halogens is 1. The van der Waals surface area contributed by atoms with Gasteiger partial charge in [-0.3, -0.25) is 19.3 Å². The van der Waals surface area contributed by atoms with E-state index in [9.17, 15) is 18.8 Å². The van der Waals surface area contributed by atoms with Crippen molar-refractivity contribution in [3.8, 4) is 0 Å². The van der Waals surface area contributed by atoms with Gasteiger partial charge in [-0.25, -0.2) is 4.39 Å². The summed E-state index contributed by atoms with van der Waals surface area (Å²) in [4.78, 5) is 37.8. The van der Waals surface area contributed by atoms with Crippen LogP contribution >= 0.6 is 0 Å². The van der Waals surface area contributed by atoms with E-state index in [1.807, 2.05) is 0 Å². The highest BCUT2D eigenvalue weighted by Crippen LogP contribution is 2.24. The number of nitrogens with zero attached hydrogens (tertiary/aromatic N) is 1. The zero-order chi connectivity index (χ0) is 18.7. The van der Waals surface area contributed by atoms with Gasteiger partial charge >= 0.3 is 0 Å². The third-order valence-corrected chi connectivity index (χ3v) is 4.13. The second-order valence-corrected chi connectivity index (χ2v) is 5.91. The van der Waals surface area contributed by atoms with E-state index in [0.717, 1.165) is 10.5 Å². The fourth-order valence-corrected chi connectivity index (χ4v) is 2.84. The lowest BCUT2D eigenvalue weighted by Gasteiger charge is -2.09. The van der Waals surface area contributed by atoms with Gasteiger partial charge in [-0.15, -0.1) is 6.58 Å². The van der Waals surface area contributed by atoms with E-state index in [1.54, 1.807) is 12.1 Å². The zero-order valence-electron chi connectivity index (χ0n) is 14.0. The number of imide groups is 1. The molecule has 26 heavy (non-hydrogen) atoms. The van der Waals surface area contributed by atoms with Crippen molar-refractivity contribution in [3.63, 3.8) is 0 Å². The fraction of sp³-hybridized carbons (Fsp3) is 0.150. The molecule has 0 radical (unpaired) electrons. The Hall–Kier alpha value is -3.28. The van der Waals surface area contributed by atoms with Crippen molar-refractivity contribution in [2.45, 2.75) is 6.42 Å². The Kier molecular flexibility index (Phi) is 4.93. The van der Waals surface area contributed by atoms with Crippen molar-refractivity contribution in [1.29, 1.82) is 0 Å². The van der Waals surface area contributed by atoms with Crippen LogP contribution in [0.4, 0.5) is 4.39 Å². The molecule has 0 bridgehead atoms. The molecule has 3 amide bonds. The van der Waals surface area contributed by atoms with Crippen LogP contribution < -0.4 is 5.32 Å². The molecule has 2 aromatic carbocycles.